The Morgan fingerprint density at radius 3 is 2.85 bits per heavy atom. The first kappa shape index (κ1) is 19.2. The summed E-state index contributed by atoms with van der Waals surface area (Å²) in [4.78, 5) is 29.0. The van der Waals surface area contributed by atoms with Crippen LogP contribution in [-0.4, -0.2) is 45.2 Å². The molecular formula is C17H18ClN3O3S2. The monoisotopic (exact) mass is 411 g/mol. The molecule has 1 aromatic heterocycles. The lowest BCUT2D eigenvalue weighted by Crippen LogP contribution is -2.41. The Bertz CT molecular complexity index is 797. The summed E-state index contributed by atoms with van der Waals surface area (Å²) in [5.74, 6) is -0.287. The minimum Gasteiger partial charge on any atom is -0.476 e. The number of thiazole rings is 1. The molecule has 1 aliphatic heterocycles. The van der Waals surface area contributed by atoms with Crippen molar-refractivity contribution in [2.24, 2.45) is 5.73 Å². The highest BCUT2D eigenvalue weighted by Gasteiger charge is 2.35. The average Bonchev–Trinajstić information content (AvgIpc) is 3.23. The van der Waals surface area contributed by atoms with Gasteiger partial charge in [0.2, 0.25) is 5.91 Å². The van der Waals surface area contributed by atoms with Gasteiger partial charge in [-0.3, -0.25) is 4.79 Å². The van der Waals surface area contributed by atoms with Gasteiger partial charge in [-0.25, -0.2) is 9.78 Å². The molecule has 1 aliphatic rings. The van der Waals surface area contributed by atoms with E-state index < -0.39 is 5.97 Å². The highest BCUT2D eigenvalue weighted by atomic mass is 35.5. The molecule has 0 spiro atoms. The number of aromatic nitrogens is 1. The number of aromatic carboxylic acids is 1. The molecule has 0 bridgehead atoms. The maximum atomic E-state index is 12.3. The standard InChI is InChI=1S/C17H18ClN3O3S2/c18-11-3-1-10(2-4-11)15(19)13-5-6-14(22)21(13)7-8-25-17-20-12(9-26-17)16(23)24/h1-4,9,13,15H,5-8,19H2,(H,23,24)/t13-,15?/m1/s1. The van der Waals surface area contributed by atoms with E-state index in [4.69, 9.17) is 22.4 Å². The number of amides is 1. The smallest absolute Gasteiger partial charge is 0.355 e. The number of likely N-dealkylation sites (tertiary alicyclic amines) is 1. The summed E-state index contributed by atoms with van der Waals surface area (Å²) in [5, 5.41) is 11.1. The van der Waals surface area contributed by atoms with E-state index in [9.17, 15) is 9.59 Å². The summed E-state index contributed by atoms with van der Waals surface area (Å²) >= 11 is 8.67. The lowest BCUT2D eigenvalue weighted by molar-refractivity contribution is -0.128. The molecular weight excluding hydrogens is 394 g/mol. The first-order valence-corrected chi connectivity index (χ1v) is 10.3. The van der Waals surface area contributed by atoms with E-state index in [0.717, 1.165) is 12.0 Å². The Kier molecular flexibility index (Phi) is 6.18. The van der Waals surface area contributed by atoms with Gasteiger partial charge in [0, 0.05) is 29.1 Å². The van der Waals surface area contributed by atoms with E-state index >= 15 is 0 Å². The van der Waals surface area contributed by atoms with Crippen molar-refractivity contribution in [3.63, 3.8) is 0 Å². The molecule has 1 amide bonds. The fourth-order valence-electron chi connectivity index (χ4n) is 2.98. The lowest BCUT2D eigenvalue weighted by atomic mass is 9.98. The average molecular weight is 412 g/mol. The Balaban J connectivity index is 1.60. The van der Waals surface area contributed by atoms with Crippen molar-refractivity contribution in [1.82, 2.24) is 9.88 Å². The number of nitrogens with zero attached hydrogens (tertiary/aromatic N) is 2. The fraction of sp³-hybridized carbons (Fsp3) is 0.353. The zero-order chi connectivity index (χ0) is 18.7. The third kappa shape index (κ3) is 4.37. The summed E-state index contributed by atoms with van der Waals surface area (Å²) in [7, 11) is 0. The van der Waals surface area contributed by atoms with Crippen LogP contribution in [0.5, 0.6) is 0 Å². The molecule has 1 fully saturated rings. The largest absolute Gasteiger partial charge is 0.476 e. The van der Waals surface area contributed by atoms with Crippen LogP contribution in [0.25, 0.3) is 0 Å². The topological polar surface area (TPSA) is 96.5 Å². The van der Waals surface area contributed by atoms with E-state index in [-0.39, 0.29) is 23.7 Å². The molecule has 2 aromatic rings. The molecule has 3 rings (SSSR count). The maximum absolute atomic E-state index is 12.3. The van der Waals surface area contributed by atoms with Gasteiger partial charge >= 0.3 is 5.97 Å². The van der Waals surface area contributed by atoms with Crippen LogP contribution < -0.4 is 5.73 Å². The molecule has 26 heavy (non-hydrogen) atoms. The van der Waals surface area contributed by atoms with Gasteiger partial charge in [0.1, 0.15) is 0 Å². The number of rotatable bonds is 7. The van der Waals surface area contributed by atoms with Crippen LogP contribution in [0.4, 0.5) is 0 Å². The van der Waals surface area contributed by atoms with Gasteiger partial charge in [-0.05, 0) is 24.1 Å². The molecule has 2 atom stereocenters. The van der Waals surface area contributed by atoms with Gasteiger partial charge in [-0.15, -0.1) is 11.3 Å². The van der Waals surface area contributed by atoms with E-state index in [1.54, 1.807) is 12.1 Å². The number of halogens is 1. The minimum absolute atomic E-state index is 0.0462. The second-order valence-electron chi connectivity index (χ2n) is 5.92. The lowest BCUT2D eigenvalue weighted by Gasteiger charge is -2.29. The number of carboxylic acid groups (broad SMARTS) is 1. The van der Waals surface area contributed by atoms with E-state index in [1.165, 1.54) is 28.5 Å². The first-order chi connectivity index (χ1) is 12.5. The Morgan fingerprint density at radius 1 is 1.46 bits per heavy atom. The highest BCUT2D eigenvalue weighted by molar-refractivity contribution is 8.01. The van der Waals surface area contributed by atoms with Crippen molar-refractivity contribution < 1.29 is 14.7 Å². The summed E-state index contributed by atoms with van der Waals surface area (Å²) in [6.07, 6.45) is 1.23. The maximum Gasteiger partial charge on any atom is 0.355 e. The van der Waals surface area contributed by atoms with Gasteiger partial charge in [0.15, 0.2) is 10.0 Å². The van der Waals surface area contributed by atoms with Crippen molar-refractivity contribution in [2.75, 3.05) is 12.3 Å². The number of hydrogen-bond acceptors (Lipinski definition) is 6. The minimum atomic E-state index is -1.03. The van der Waals surface area contributed by atoms with Gasteiger partial charge in [-0.1, -0.05) is 35.5 Å². The van der Waals surface area contributed by atoms with Gasteiger partial charge in [0.05, 0.1) is 12.1 Å². The molecule has 9 heteroatoms. The van der Waals surface area contributed by atoms with Gasteiger partial charge in [-0.2, -0.15) is 0 Å². The number of benzene rings is 1. The van der Waals surface area contributed by atoms with Crippen LogP contribution in [0.15, 0.2) is 34.0 Å². The van der Waals surface area contributed by atoms with Crippen LogP contribution in [-0.2, 0) is 4.79 Å². The molecule has 0 aliphatic carbocycles. The quantitative estimate of drug-likeness (QED) is 0.678. The molecule has 1 unspecified atom stereocenters. The van der Waals surface area contributed by atoms with Gasteiger partial charge in [0.25, 0.3) is 0 Å². The fourth-order valence-corrected chi connectivity index (χ4v) is 4.91. The number of thioether (sulfide) groups is 1. The number of hydrogen-bond donors (Lipinski definition) is 2. The van der Waals surface area contributed by atoms with Gasteiger partial charge < -0.3 is 15.7 Å². The van der Waals surface area contributed by atoms with Crippen molar-refractivity contribution in [3.05, 3.63) is 45.9 Å². The van der Waals surface area contributed by atoms with Crippen LogP contribution >= 0.6 is 34.7 Å². The molecule has 0 radical (unpaired) electrons. The molecule has 1 aromatic carbocycles. The number of carbonyl (C=O) groups excluding carboxylic acids is 1. The molecule has 1 saturated heterocycles. The van der Waals surface area contributed by atoms with Crippen LogP contribution in [0.3, 0.4) is 0 Å². The second-order valence-corrected chi connectivity index (χ2v) is 8.56. The highest BCUT2D eigenvalue weighted by Crippen LogP contribution is 2.30. The predicted molar refractivity (Wildman–Crippen MR) is 103 cm³/mol. The van der Waals surface area contributed by atoms with Crippen molar-refractivity contribution in [1.29, 1.82) is 0 Å². The summed E-state index contributed by atoms with van der Waals surface area (Å²) < 4.78 is 0.688. The van der Waals surface area contributed by atoms with Crippen LogP contribution in [0, 0.1) is 0 Å². The van der Waals surface area contributed by atoms with Crippen molar-refractivity contribution >= 4 is 46.6 Å². The zero-order valence-corrected chi connectivity index (χ0v) is 16.2. The van der Waals surface area contributed by atoms with Crippen molar-refractivity contribution in [2.45, 2.75) is 29.3 Å². The van der Waals surface area contributed by atoms with Crippen molar-refractivity contribution in [3.8, 4) is 0 Å². The zero-order valence-electron chi connectivity index (χ0n) is 13.8. The second kappa shape index (κ2) is 8.39. The normalized spacial score (nSPS) is 18.3. The summed E-state index contributed by atoms with van der Waals surface area (Å²) in [6.45, 7) is 0.553. The van der Waals surface area contributed by atoms with Crippen LogP contribution in [0.2, 0.25) is 5.02 Å². The SMILES string of the molecule is NC(c1ccc(Cl)cc1)[C@H]1CCC(=O)N1CCSc1nc(C(=O)O)cs1. The van der Waals surface area contributed by atoms with E-state index in [2.05, 4.69) is 4.98 Å². The summed E-state index contributed by atoms with van der Waals surface area (Å²) in [5.41, 5.74) is 7.41. The Labute approximate surface area is 164 Å². The molecule has 0 saturated carbocycles. The number of nitrogens with two attached hydrogens (primary N) is 1. The molecule has 6 nitrogen and oxygen atoms in total. The molecule has 3 N–H and O–H groups in total. The third-order valence-electron chi connectivity index (χ3n) is 4.30. The summed E-state index contributed by atoms with van der Waals surface area (Å²) in [6, 6.07) is 7.08. The Morgan fingerprint density at radius 2 is 2.19 bits per heavy atom. The van der Waals surface area contributed by atoms with Crippen LogP contribution in [0.1, 0.15) is 34.9 Å². The van der Waals surface area contributed by atoms with E-state index in [0.29, 0.717) is 28.1 Å². The Hall–Kier alpha value is -1.61. The molecule has 2 heterocycles. The van der Waals surface area contributed by atoms with E-state index in [1.807, 2.05) is 17.0 Å². The molecule has 138 valence electrons. The number of carbonyl (C=O) groups is 2. The number of carboxylic acids is 1. The predicted octanol–water partition coefficient (Wildman–Crippen LogP) is 3.28. The third-order valence-corrected chi connectivity index (χ3v) is 6.56. The first-order valence-electron chi connectivity index (χ1n) is 8.08.